The summed E-state index contributed by atoms with van der Waals surface area (Å²) in [5.74, 6) is 0.654. The topological polar surface area (TPSA) is 34.9 Å². The first-order valence-corrected chi connectivity index (χ1v) is 4.85. The second kappa shape index (κ2) is 3.56. The summed E-state index contributed by atoms with van der Waals surface area (Å²) in [5.41, 5.74) is -0.0109. The number of hydrogen-bond acceptors (Lipinski definition) is 2. The van der Waals surface area contributed by atoms with Crippen LogP contribution in [0.3, 0.4) is 0 Å². The van der Waals surface area contributed by atoms with Gasteiger partial charge in [0.2, 0.25) is 5.78 Å². The van der Waals surface area contributed by atoms with E-state index in [1.54, 1.807) is 17.0 Å². The normalized spacial score (nSPS) is 14.1. The van der Waals surface area contributed by atoms with Crippen molar-refractivity contribution in [2.75, 3.05) is 0 Å². The fourth-order valence-electron chi connectivity index (χ4n) is 1.19. The Morgan fingerprint density at radius 1 is 1.50 bits per heavy atom. The fourth-order valence-corrected chi connectivity index (χ4v) is 1.19. The van der Waals surface area contributed by atoms with Gasteiger partial charge < -0.3 is 4.57 Å². The third-order valence-corrected chi connectivity index (χ3v) is 2.73. The van der Waals surface area contributed by atoms with Crippen LogP contribution in [0.4, 0.5) is 0 Å². The molecule has 0 saturated heterocycles. The Morgan fingerprint density at radius 2 is 2.07 bits per heavy atom. The van der Waals surface area contributed by atoms with Crippen LogP contribution < -0.4 is 0 Å². The number of Topliss-reactive ketones (excluding diaryl/α,β-unsaturated/α-hetero) is 1. The predicted molar refractivity (Wildman–Crippen MR) is 56.2 cm³/mol. The quantitative estimate of drug-likeness (QED) is 0.677. The minimum atomic E-state index is -0.0109. The minimum Gasteiger partial charge on any atom is -0.332 e. The molecule has 0 N–H and O–H groups in total. The standard InChI is InChI=1S/C11H18N2O/c1-8(11(2,3)4)9(14)10-12-6-7-13(10)5/h6-8H,1-5H3. The summed E-state index contributed by atoms with van der Waals surface area (Å²) in [6.45, 7) is 8.16. The zero-order valence-electron chi connectivity index (χ0n) is 9.53. The molecule has 3 nitrogen and oxygen atoms in total. The lowest BCUT2D eigenvalue weighted by molar-refractivity contribution is 0.0825. The minimum absolute atomic E-state index is 0.0106. The Hall–Kier alpha value is -1.12. The van der Waals surface area contributed by atoms with E-state index in [0.29, 0.717) is 5.82 Å². The molecule has 0 fully saturated rings. The van der Waals surface area contributed by atoms with Crippen molar-refractivity contribution in [2.45, 2.75) is 27.7 Å². The first-order chi connectivity index (χ1) is 6.34. The number of aromatic nitrogens is 2. The molecule has 1 aromatic rings. The fraction of sp³-hybridized carbons (Fsp3) is 0.636. The van der Waals surface area contributed by atoms with Crippen molar-refractivity contribution in [3.05, 3.63) is 18.2 Å². The Morgan fingerprint density at radius 3 is 2.43 bits per heavy atom. The van der Waals surface area contributed by atoms with Crippen molar-refractivity contribution in [3.8, 4) is 0 Å². The maximum absolute atomic E-state index is 12.0. The number of hydrogen-bond donors (Lipinski definition) is 0. The van der Waals surface area contributed by atoms with E-state index >= 15 is 0 Å². The third kappa shape index (κ3) is 2.03. The molecule has 0 radical (unpaired) electrons. The maximum Gasteiger partial charge on any atom is 0.201 e. The number of ketones is 1. The van der Waals surface area contributed by atoms with Gasteiger partial charge >= 0.3 is 0 Å². The van der Waals surface area contributed by atoms with E-state index < -0.39 is 0 Å². The Kier molecular flexibility index (Phi) is 2.79. The van der Waals surface area contributed by atoms with Crippen LogP contribution in [0.25, 0.3) is 0 Å². The molecule has 0 amide bonds. The predicted octanol–water partition coefficient (Wildman–Crippen LogP) is 2.29. The molecule has 1 heterocycles. The highest BCUT2D eigenvalue weighted by Crippen LogP contribution is 2.27. The highest BCUT2D eigenvalue weighted by atomic mass is 16.1. The van der Waals surface area contributed by atoms with Crippen molar-refractivity contribution in [1.82, 2.24) is 9.55 Å². The van der Waals surface area contributed by atoms with Gasteiger partial charge in [-0.1, -0.05) is 27.7 Å². The van der Waals surface area contributed by atoms with Gasteiger partial charge in [0, 0.05) is 25.4 Å². The van der Waals surface area contributed by atoms with Crippen LogP contribution in [0.5, 0.6) is 0 Å². The average Bonchev–Trinajstić information content (AvgIpc) is 2.47. The molecule has 0 saturated carbocycles. The van der Waals surface area contributed by atoms with Crippen LogP contribution >= 0.6 is 0 Å². The molecule has 0 aromatic carbocycles. The smallest absolute Gasteiger partial charge is 0.201 e. The van der Waals surface area contributed by atoms with Crippen LogP contribution in [0.2, 0.25) is 0 Å². The van der Waals surface area contributed by atoms with Crippen molar-refractivity contribution in [3.63, 3.8) is 0 Å². The summed E-state index contributed by atoms with van der Waals surface area (Å²) in [6.07, 6.45) is 3.45. The van der Waals surface area contributed by atoms with Gasteiger partial charge in [-0.15, -0.1) is 0 Å². The Balaban J connectivity index is 2.92. The average molecular weight is 194 g/mol. The summed E-state index contributed by atoms with van der Waals surface area (Å²) >= 11 is 0. The summed E-state index contributed by atoms with van der Waals surface area (Å²) in [5, 5.41) is 0. The molecule has 78 valence electrons. The van der Waals surface area contributed by atoms with Crippen molar-refractivity contribution in [1.29, 1.82) is 0 Å². The molecule has 1 aromatic heterocycles. The monoisotopic (exact) mass is 194 g/mol. The van der Waals surface area contributed by atoms with Crippen molar-refractivity contribution in [2.24, 2.45) is 18.4 Å². The van der Waals surface area contributed by atoms with E-state index in [1.165, 1.54) is 0 Å². The van der Waals surface area contributed by atoms with E-state index in [0.717, 1.165) is 0 Å². The maximum atomic E-state index is 12.0. The van der Waals surface area contributed by atoms with Crippen LogP contribution in [0.1, 0.15) is 38.3 Å². The summed E-state index contributed by atoms with van der Waals surface area (Å²) < 4.78 is 1.77. The summed E-state index contributed by atoms with van der Waals surface area (Å²) in [6, 6.07) is 0. The van der Waals surface area contributed by atoms with Gasteiger partial charge in [-0.3, -0.25) is 4.79 Å². The second-order valence-electron chi connectivity index (χ2n) is 4.81. The van der Waals surface area contributed by atoms with Crippen LogP contribution in [-0.4, -0.2) is 15.3 Å². The van der Waals surface area contributed by atoms with E-state index in [1.807, 2.05) is 14.0 Å². The SMILES string of the molecule is CC(C(=O)c1nccn1C)C(C)(C)C. The van der Waals surface area contributed by atoms with Gasteiger partial charge in [-0.2, -0.15) is 0 Å². The highest BCUT2D eigenvalue weighted by molar-refractivity contribution is 5.94. The second-order valence-corrected chi connectivity index (χ2v) is 4.81. The molecule has 0 bridgehead atoms. The molecule has 0 aliphatic carbocycles. The molecule has 3 heteroatoms. The van der Waals surface area contributed by atoms with Crippen molar-refractivity contribution >= 4 is 5.78 Å². The number of imidazole rings is 1. The number of carbonyl (C=O) groups is 1. The molecular weight excluding hydrogens is 176 g/mol. The molecule has 0 aliphatic rings. The first kappa shape index (κ1) is 11.0. The number of rotatable bonds is 2. The van der Waals surface area contributed by atoms with E-state index in [9.17, 15) is 4.79 Å². The molecule has 1 unspecified atom stereocenters. The molecule has 1 atom stereocenters. The summed E-state index contributed by atoms with van der Waals surface area (Å²) in [7, 11) is 1.84. The lowest BCUT2D eigenvalue weighted by Crippen LogP contribution is -2.27. The van der Waals surface area contributed by atoms with Gasteiger partial charge in [0.25, 0.3) is 0 Å². The lowest BCUT2D eigenvalue weighted by atomic mass is 9.79. The van der Waals surface area contributed by atoms with E-state index in [-0.39, 0.29) is 17.1 Å². The first-order valence-electron chi connectivity index (χ1n) is 4.85. The Labute approximate surface area is 85.2 Å². The van der Waals surface area contributed by atoms with E-state index in [4.69, 9.17) is 0 Å². The summed E-state index contributed by atoms with van der Waals surface area (Å²) in [4.78, 5) is 16.1. The van der Waals surface area contributed by atoms with E-state index in [2.05, 4.69) is 25.8 Å². The van der Waals surface area contributed by atoms with Gasteiger partial charge in [0.1, 0.15) is 0 Å². The van der Waals surface area contributed by atoms with Crippen molar-refractivity contribution < 1.29 is 4.79 Å². The Bertz CT molecular complexity index is 333. The molecule has 14 heavy (non-hydrogen) atoms. The van der Waals surface area contributed by atoms with Crippen LogP contribution in [0.15, 0.2) is 12.4 Å². The van der Waals surface area contributed by atoms with Gasteiger partial charge in [-0.25, -0.2) is 4.98 Å². The third-order valence-electron chi connectivity index (χ3n) is 2.73. The van der Waals surface area contributed by atoms with Gasteiger partial charge in [-0.05, 0) is 5.41 Å². The molecule has 1 rings (SSSR count). The van der Waals surface area contributed by atoms with Crippen LogP contribution in [0, 0.1) is 11.3 Å². The largest absolute Gasteiger partial charge is 0.332 e. The van der Waals surface area contributed by atoms with Crippen LogP contribution in [-0.2, 0) is 7.05 Å². The van der Waals surface area contributed by atoms with Gasteiger partial charge in [0.15, 0.2) is 5.82 Å². The number of nitrogens with zero attached hydrogens (tertiary/aromatic N) is 2. The van der Waals surface area contributed by atoms with Gasteiger partial charge in [0.05, 0.1) is 0 Å². The number of carbonyl (C=O) groups excluding carboxylic acids is 1. The lowest BCUT2D eigenvalue weighted by Gasteiger charge is -2.25. The highest BCUT2D eigenvalue weighted by Gasteiger charge is 2.29. The molecule has 0 aliphatic heterocycles. The molecular formula is C11H18N2O. The zero-order valence-corrected chi connectivity index (χ0v) is 9.53. The molecule has 0 spiro atoms. The number of aryl methyl sites for hydroxylation is 1. The zero-order chi connectivity index (χ0) is 10.9.